The molecule has 0 aromatic heterocycles. The van der Waals surface area contributed by atoms with E-state index in [1.165, 1.54) is 24.1 Å². The van der Waals surface area contributed by atoms with Crippen molar-refractivity contribution in [3.8, 4) is 5.75 Å². The summed E-state index contributed by atoms with van der Waals surface area (Å²) in [5.74, 6) is -0.295. The van der Waals surface area contributed by atoms with Gasteiger partial charge in [-0.25, -0.2) is 4.39 Å². The molecule has 0 radical (unpaired) electrons. The van der Waals surface area contributed by atoms with Crippen molar-refractivity contribution in [1.82, 2.24) is 0 Å². The number of halogens is 1. The molecule has 20 heavy (non-hydrogen) atoms. The van der Waals surface area contributed by atoms with Crippen molar-refractivity contribution in [2.24, 2.45) is 0 Å². The van der Waals surface area contributed by atoms with E-state index in [1.807, 2.05) is 0 Å². The molecule has 0 fully saturated rings. The van der Waals surface area contributed by atoms with E-state index in [2.05, 4.69) is 0 Å². The number of hydrogen-bond acceptors (Lipinski definition) is 3. The number of amides is 1. The van der Waals surface area contributed by atoms with Crippen LogP contribution in [0.2, 0.25) is 0 Å². The van der Waals surface area contributed by atoms with Crippen LogP contribution in [0.4, 0.5) is 15.8 Å². The molecule has 1 amide bonds. The maximum Gasteiger partial charge on any atom is 0.260 e. The third kappa shape index (κ3) is 2.56. The third-order valence-electron chi connectivity index (χ3n) is 3.02. The van der Waals surface area contributed by atoms with Crippen LogP contribution in [0.1, 0.15) is 10.4 Å². The zero-order chi connectivity index (χ0) is 14.7. The van der Waals surface area contributed by atoms with E-state index in [4.69, 9.17) is 10.5 Å². The Morgan fingerprint density at radius 1 is 1.25 bits per heavy atom. The van der Waals surface area contributed by atoms with Crippen LogP contribution in [0.5, 0.6) is 5.75 Å². The van der Waals surface area contributed by atoms with Crippen molar-refractivity contribution in [2.45, 2.75) is 0 Å². The summed E-state index contributed by atoms with van der Waals surface area (Å²) >= 11 is 0. The lowest BCUT2D eigenvalue weighted by Crippen LogP contribution is -2.27. The van der Waals surface area contributed by atoms with Gasteiger partial charge in [0.15, 0.2) is 0 Å². The Morgan fingerprint density at radius 3 is 2.60 bits per heavy atom. The fourth-order valence-electron chi connectivity index (χ4n) is 1.89. The molecule has 0 saturated heterocycles. The SMILES string of the molecule is COc1cccc(C(=O)N(C)c2cccc(F)c2)c1N. The molecule has 2 N–H and O–H groups in total. The predicted octanol–water partition coefficient (Wildman–Crippen LogP) is 2.69. The average Bonchev–Trinajstić information content (AvgIpc) is 2.46. The van der Waals surface area contributed by atoms with E-state index in [1.54, 1.807) is 37.4 Å². The Kier molecular flexibility index (Phi) is 3.89. The van der Waals surface area contributed by atoms with Crippen LogP contribution in [0.25, 0.3) is 0 Å². The molecule has 0 aliphatic rings. The van der Waals surface area contributed by atoms with E-state index in [-0.39, 0.29) is 11.6 Å². The number of para-hydroxylation sites is 1. The van der Waals surface area contributed by atoms with Crippen LogP contribution in [0, 0.1) is 5.82 Å². The van der Waals surface area contributed by atoms with Crippen LogP contribution < -0.4 is 15.4 Å². The van der Waals surface area contributed by atoms with Crippen molar-refractivity contribution < 1.29 is 13.9 Å². The van der Waals surface area contributed by atoms with Crippen LogP contribution in [-0.2, 0) is 0 Å². The van der Waals surface area contributed by atoms with Gasteiger partial charge in [-0.05, 0) is 30.3 Å². The van der Waals surface area contributed by atoms with Crippen molar-refractivity contribution in [3.63, 3.8) is 0 Å². The Labute approximate surface area is 116 Å². The highest BCUT2D eigenvalue weighted by atomic mass is 19.1. The first-order chi connectivity index (χ1) is 9.54. The molecule has 0 heterocycles. The van der Waals surface area contributed by atoms with Gasteiger partial charge < -0.3 is 15.4 Å². The molecule has 0 unspecified atom stereocenters. The smallest absolute Gasteiger partial charge is 0.260 e. The average molecular weight is 274 g/mol. The molecule has 2 aromatic carbocycles. The number of nitrogens with two attached hydrogens (primary N) is 1. The molecule has 104 valence electrons. The van der Waals surface area contributed by atoms with Crippen molar-refractivity contribution >= 4 is 17.3 Å². The molecule has 0 aliphatic heterocycles. The van der Waals surface area contributed by atoms with Crippen LogP contribution in [0.15, 0.2) is 42.5 Å². The zero-order valence-corrected chi connectivity index (χ0v) is 11.3. The molecule has 2 aromatic rings. The second-order valence-electron chi connectivity index (χ2n) is 4.27. The largest absolute Gasteiger partial charge is 0.495 e. The molecular weight excluding hydrogens is 259 g/mol. The molecule has 0 atom stereocenters. The van der Waals surface area contributed by atoms with Crippen LogP contribution in [-0.4, -0.2) is 20.1 Å². The van der Waals surface area contributed by atoms with E-state index >= 15 is 0 Å². The Bertz CT molecular complexity index is 644. The monoisotopic (exact) mass is 274 g/mol. The molecule has 5 heteroatoms. The summed E-state index contributed by atoms with van der Waals surface area (Å²) < 4.78 is 18.3. The fraction of sp³-hybridized carbons (Fsp3) is 0.133. The minimum Gasteiger partial charge on any atom is -0.495 e. The molecular formula is C15H15FN2O2. The third-order valence-corrected chi connectivity index (χ3v) is 3.02. The Hall–Kier alpha value is -2.56. The minimum absolute atomic E-state index is 0.267. The van der Waals surface area contributed by atoms with E-state index in [0.29, 0.717) is 17.0 Å². The predicted molar refractivity (Wildman–Crippen MR) is 76.5 cm³/mol. The van der Waals surface area contributed by atoms with Gasteiger partial charge >= 0.3 is 0 Å². The first-order valence-corrected chi connectivity index (χ1v) is 6.00. The van der Waals surface area contributed by atoms with Gasteiger partial charge in [0.25, 0.3) is 5.91 Å². The lowest BCUT2D eigenvalue weighted by Gasteiger charge is -2.19. The standard InChI is InChI=1S/C15H15FN2O2/c1-18(11-6-3-5-10(16)9-11)15(19)12-7-4-8-13(20-2)14(12)17/h3-9H,17H2,1-2H3. The highest BCUT2D eigenvalue weighted by Gasteiger charge is 2.18. The van der Waals surface area contributed by atoms with Gasteiger partial charge in [0, 0.05) is 12.7 Å². The topological polar surface area (TPSA) is 55.6 Å². The number of methoxy groups -OCH3 is 1. The number of anilines is 2. The minimum atomic E-state index is -0.402. The molecule has 2 rings (SSSR count). The summed E-state index contributed by atoms with van der Waals surface area (Å²) in [6.07, 6.45) is 0. The summed E-state index contributed by atoms with van der Waals surface area (Å²) in [6.45, 7) is 0. The first-order valence-electron chi connectivity index (χ1n) is 6.00. The number of benzene rings is 2. The normalized spacial score (nSPS) is 10.2. The molecule has 0 saturated carbocycles. The van der Waals surface area contributed by atoms with Crippen molar-refractivity contribution in [2.75, 3.05) is 24.8 Å². The van der Waals surface area contributed by atoms with Gasteiger partial charge in [0.2, 0.25) is 0 Å². The van der Waals surface area contributed by atoms with Gasteiger partial charge in [0.1, 0.15) is 11.6 Å². The maximum absolute atomic E-state index is 13.2. The van der Waals surface area contributed by atoms with Gasteiger partial charge in [-0.15, -0.1) is 0 Å². The lowest BCUT2D eigenvalue weighted by atomic mass is 10.1. The summed E-state index contributed by atoms with van der Waals surface area (Å²) in [4.78, 5) is 13.8. The van der Waals surface area contributed by atoms with E-state index in [0.717, 1.165) is 0 Å². The van der Waals surface area contributed by atoms with Gasteiger partial charge in [-0.2, -0.15) is 0 Å². The molecule has 0 spiro atoms. The zero-order valence-electron chi connectivity index (χ0n) is 11.3. The van der Waals surface area contributed by atoms with E-state index in [9.17, 15) is 9.18 Å². The summed E-state index contributed by atoms with van der Waals surface area (Å²) in [6, 6.07) is 10.8. The first kappa shape index (κ1) is 13.9. The number of hydrogen-bond donors (Lipinski definition) is 1. The quantitative estimate of drug-likeness (QED) is 0.875. The number of carbonyl (C=O) groups is 1. The van der Waals surface area contributed by atoms with E-state index < -0.39 is 5.82 Å². The van der Waals surface area contributed by atoms with Gasteiger partial charge in [0.05, 0.1) is 18.4 Å². The summed E-state index contributed by atoms with van der Waals surface area (Å²) in [5, 5.41) is 0. The maximum atomic E-state index is 13.2. The highest BCUT2D eigenvalue weighted by Crippen LogP contribution is 2.27. The van der Waals surface area contributed by atoms with Gasteiger partial charge in [-0.3, -0.25) is 4.79 Å². The number of nitrogen functional groups attached to an aromatic ring is 1. The Morgan fingerprint density at radius 2 is 1.95 bits per heavy atom. The summed E-state index contributed by atoms with van der Waals surface area (Å²) in [5.41, 5.74) is 6.93. The summed E-state index contributed by atoms with van der Waals surface area (Å²) in [7, 11) is 3.05. The second kappa shape index (κ2) is 5.61. The molecule has 0 aliphatic carbocycles. The van der Waals surface area contributed by atoms with Crippen LogP contribution in [0.3, 0.4) is 0 Å². The van der Waals surface area contributed by atoms with Crippen molar-refractivity contribution in [1.29, 1.82) is 0 Å². The lowest BCUT2D eigenvalue weighted by molar-refractivity contribution is 0.0993. The number of carbonyl (C=O) groups excluding carboxylic acids is 1. The fourth-order valence-corrected chi connectivity index (χ4v) is 1.89. The highest BCUT2D eigenvalue weighted by molar-refractivity contribution is 6.09. The van der Waals surface area contributed by atoms with Crippen molar-refractivity contribution in [3.05, 3.63) is 53.8 Å². The second-order valence-corrected chi connectivity index (χ2v) is 4.27. The number of ether oxygens (including phenoxy) is 1. The van der Waals surface area contributed by atoms with Crippen LogP contribution >= 0.6 is 0 Å². The Balaban J connectivity index is 2.36. The molecule has 0 bridgehead atoms. The van der Waals surface area contributed by atoms with Gasteiger partial charge in [-0.1, -0.05) is 12.1 Å². The number of nitrogens with zero attached hydrogens (tertiary/aromatic N) is 1. The number of rotatable bonds is 3. The molecule has 4 nitrogen and oxygen atoms in total.